The first kappa shape index (κ1) is 14.6. The van der Waals surface area contributed by atoms with Crippen molar-refractivity contribution in [2.45, 2.75) is 51.1 Å². The summed E-state index contributed by atoms with van der Waals surface area (Å²) in [4.78, 5) is 3.81. The predicted molar refractivity (Wildman–Crippen MR) is 81.2 cm³/mol. The van der Waals surface area contributed by atoms with Crippen LogP contribution in [0.15, 0.2) is 11.4 Å². The van der Waals surface area contributed by atoms with Crippen LogP contribution in [0.25, 0.3) is 0 Å². The highest BCUT2D eigenvalue weighted by atomic mass is 32.1. The first-order chi connectivity index (χ1) is 9.31. The van der Waals surface area contributed by atoms with Gasteiger partial charge in [-0.1, -0.05) is 37.5 Å². The van der Waals surface area contributed by atoms with Crippen LogP contribution in [0.5, 0.6) is 0 Å². The Kier molecular flexibility index (Phi) is 5.91. The van der Waals surface area contributed by atoms with Crippen molar-refractivity contribution in [1.82, 2.24) is 4.90 Å². The van der Waals surface area contributed by atoms with Gasteiger partial charge in [0.15, 0.2) is 0 Å². The van der Waals surface area contributed by atoms with E-state index in [1.807, 2.05) is 0 Å². The van der Waals surface area contributed by atoms with Crippen molar-refractivity contribution in [2.75, 3.05) is 13.7 Å². The van der Waals surface area contributed by atoms with E-state index in [1.54, 1.807) is 11.3 Å². The monoisotopic (exact) mass is 277 g/mol. The fraction of sp³-hybridized carbons (Fsp3) is 0.625. The lowest BCUT2D eigenvalue weighted by Gasteiger charge is -2.26. The number of thiophene rings is 1. The van der Waals surface area contributed by atoms with Crippen LogP contribution in [-0.4, -0.2) is 29.7 Å². The highest BCUT2D eigenvalue weighted by molar-refractivity contribution is 7.10. The van der Waals surface area contributed by atoms with Crippen LogP contribution < -0.4 is 0 Å². The van der Waals surface area contributed by atoms with E-state index in [-0.39, 0.29) is 6.61 Å². The molecule has 19 heavy (non-hydrogen) atoms. The van der Waals surface area contributed by atoms with Gasteiger partial charge in [-0.15, -0.1) is 11.3 Å². The van der Waals surface area contributed by atoms with E-state index >= 15 is 0 Å². The molecule has 0 amide bonds. The normalized spacial score (nSPS) is 17.0. The Hall–Kier alpha value is -0.820. The van der Waals surface area contributed by atoms with Gasteiger partial charge in [-0.3, -0.25) is 4.90 Å². The van der Waals surface area contributed by atoms with Crippen LogP contribution in [0, 0.1) is 11.8 Å². The summed E-state index contributed by atoms with van der Waals surface area (Å²) >= 11 is 1.77. The summed E-state index contributed by atoms with van der Waals surface area (Å²) in [6.45, 7) is 0.922. The number of aliphatic hydroxyl groups excluding tert-OH is 1. The molecular formula is C16H23NOS. The molecule has 1 N–H and O–H groups in total. The van der Waals surface area contributed by atoms with Crippen molar-refractivity contribution in [2.24, 2.45) is 0 Å². The van der Waals surface area contributed by atoms with E-state index in [4.69, 9.17) is 5.11 Å². The van der Waals surface area contributed by atoms with Crippen LogP contribution >= 0.6 is 11.3 Å². The Bertz CT molecular complexity index is 435. The summed E-state index contributed by atoms with van der Waals surface area (Å²) in [6, 6.07) is 2.78. The average molecular weight is 277 g/mol. The summed E-state index contributed by atoms with van der Waals surface area (Å²) in [5.74, 6) is 5.79. The maximum atomic E-state index is 8.79. The van der Waals surface area contributed by atoms with E-state index in [0.29, 0.717) is 0 Å². The molecule has 1 aromatic rings. The molecule has 1 fully saturated rings. The minimum absolute atomic E-state index is 0.0618. The van der Waals surface area contributed by atoms with Gasteiger partial charge in [0, 0.05) is 23.0 Å². The molecular weight excluding hydrogens is 254 g/mol. The number of hydrogen-bond donors (Lipinski definition) is 1. The SMILES string of the molecule is CN(Cc1sccc1C#CCO)C1CCCCCC1. The second kappa shape index (κ2) is 7.69. The summed E-state index contributed by atoms with van der Waals surface area (Å²) in [6.07, 6.45) is 8.21. The van der Waals surface area contributed by atoms with Crippen molar-refractivity contribution in [1.29, 1.82) is 0 Å². The molecule has 1 heterocycles. The molecule has 0 unspecified atom stereocenters. The maximum Gasteiger partial charge on any atom is 0.104 e. The van der Waals surface area contributed by atoms with Gasteiger partial charge >= 0.3 is 0 Å². The molecule has 1 saturated carbocycles. The minimum atomic E-state index is -0.0618. The van der Waals surface area contributed by atoms with Crippen molar-refractivity contribution >= 4 is 11.3 Å². The zero-order valence-electron chi connectivity index (χ0n) is 11.7. The lowest BCUT2D eigenvalue weighted by atomic mass is 10.1. The van der Waals surface area contributed by atoms with E-state index < -0.39 is 0 Å². The first-order valence-corrected chi connectivity index (χ1v) is 8.05. The molecule has 0 aliphatic heterocycles. The van der Waals surface area contributed by atoms with Crippen LogP contribution in [0.4, 0.5) is 0 Å². The molecule has 1 aromatic heterocycles. The van der Waals surface area contributed by atoms with Crippen LogP contribution in [0.3, 0.4) is 0 Å². The van der Waals surface area contributed by atoms with Crippen molar-refractivity contribution in [3.05, 3.63) is 21.9 Å². The molecule has 104 valence electrons. The fourth-order valence-electron chi connectivity index (χ4n) is 2.76. The Balaban J connectivity index is 1.97. The van der Waals surface area contributed by atoms with Gasteiger partial charge in [0.25, 0.3) is 0 Å². The molecule has 2 rings (SSSR count). The molecule has 0 aromatic carbocycles. The molecule has 3 heteroatoms. The molecule has 0 radical (unpaired) electrons. The largest absolute Gasteiger partial charge is 0.384 e. The molecule has 0 saturated heterocycles. The standard InChI is InChI=1S/C16H23NOS/c1-17(15-8-4-2-3-5-9-15)13-16-14(7-6-11-18)10-12-19-16/h10,12,15,18H,2-5,8-9,11,13H2,1H3. The Morgan fingerprint density at radius 3 is 2.74 bits per heavy atom. The third-order valence-corrected chi connectivity index (χ3v) is 4.79. The quantitative estimate of drug-likeness (QED) is 0.677. The molecule has 0 spiro atoms. The molecule has 0 atom stereocenters. The Morgan fingerprint density at radius 2 is 2.05 bits per heavy atom. The minimum Gasteiger partial charge on any atom is -0.384 e. The summed E-state index contributed by atoms with van der Waals surface area (Å²) in [7, 11) is 2.24. The van der Waals surface area contributed by atoms with Gasteiger partial charge in [-0.2, -0.15) is 0 Å². The van der Waals surface area contributed by atoms with Crippen LogP contribution in [0.2, 0.25) is 0 Å². The molecule has 1 aliphatic rings. The highest BCUT2D eigenvalue weighted by Gasteiger charge is 2.18. The Morgan fingerprint density at radius 1 is 1.32 bits per heavy atom. The number of aliphatic hydroxyl groups is 1. The van der Waals surface area contributed by atoms with Gasteiger partial charge in [0.2, 0.25) is 0 Å². The third kappa shape index (κ3) is 4.35. The van der Waals surface area contributed by atoms with Crippen molar-refractivity contribution in [3.8, 4) is 11.8 Å². The zero-order chi connectivity index (χ0) is 13.5. The lowest BCUT2D eigenvalue weighted by Crippen LogP contribution is -2.30. The third-order valence-electron chi connectivity index (χ3n) is 3.89. The smallest absolute Gasteiger partial charge is 0.104 e. The topological polar surface area (TPSA) is 23.5 Å². The van der Waals surface area contributed by atoms with E-state index in [2.05, 4.69) is 35.2 Å². The van der Waals surface area contributed by atoms with E-state index in [9.17, 15) is 0 Å². The summed E-state index contributed by atoms with van der Waals surface area (Å²) in [5, 5.41) is 10.9. The average Bonchev–Trinajstić information content (AvgIpc) is 2.67. The number of nitrogens with zero attached hydrogens (tertiary/aromatic N) is 1. The van der Waals surface area contributed by atoms with Crippen LogP contribution in [-0.2, 0) is 6.54 Å². The van der Waals surface area contributed by atoms with E-state index in [0.717, 1.165) is 18.2 Å². The number of hydrogen-bond acceptors (Lipinski definition) is 3. The van der Waals surface area contributed by atoms with Gasteiger partial charge in [0.05, 0.1) is 0 Å². The summed E-state index contributed by atoms with van der Waals surface area (Å²) in [5.41, 5.74) is 1.08. The second-order valence-corrected chi connectivity index (χ2v) is 6.28. The van der Waals surface area contributed by atoms with Crippen molar-refractivity contribution in [3.63, 3.8) is 0 Å². The number of rotatable bonds is 3. The predicted octanol–water partition coefficient (Wildman–Crippen LogP) is 3.25. The van der Waals surface area contributed by atoms with Gasteiger partial charge in [-0.05, 0) is 31.3 Å². The van der Waals surface area contributed by atoms with E-state index in [1.165, 1.54) is 43.4 Å². The summed E-state index contributed by atoms with van der Waals surface area (Å²) < 4.78 is 0. The molecule has 1 aliphatic carbocycles. The van der Waals surface area contributed by atoms with Gasteiger partial charge in [0.1, 0.15) is 6.61 Å². The first-order valence-electron chi connectivity index (χ1n) is 7.17. The fourth-order valence-corrected chi connectivity index (χ4v) is 3.66. The zero-order valence-corrected chi connectivity index (χ0v) is 12.5. The van der Waals surface area contributed by atoms with Crippen molar-refractivity contribution < 1.29 is 5.11 Å². The molecule has 0 bridgehead atoms. The second-order valence-electron chi connectivity index (χ2n) is 5.28. The lowest BCUT2D eigenvalue weighted by molar-refractivity contribution is 0.214. The maximum absolute atomic E-state index is 8.79. The van der Waals surface area contributed by atoms with Gasteiger partial charge in [-0.25, -0.2) is 0 Å². The molecule has 2 nitrogen and oxygen atoms in total. The highest BCUT2D eigenvalue weighted by Crippen LogP contribution is 2.24. The Labute approximate surface area is 120 Å². The van der Waals surface area contributed by atoms with Gasteiger partial charge < -0.3 is 5.11 Å². The van der Waals surface area contributed by atoms with Crippen LogP contribution in [0.1, 0.15) is 49.0 Å².